The topological polar surface area (TPSA) is 105 Å². The zero-order chi connectivity index (χ0) is 61.6. The Morgan fingerprint density at radius 3 is 0.529 bits per heavy atom. The highest BCUT2D eigenvalue weighted by atomic mass is 16.6. The molecule has 0 spiro atoms. The Hall–Kier alpha value is -6.00. The molecule has 9 heteroatoms. The molecule has 3 heterocycles. The van der Waals surface area contributed by atoms with Gasteiger partial charge in [-0.25, -0.2) is 0 Å². The average Bonchev–Trinajstić information content (AvgIpc) is 1.54. The number of phenols is 2. The molecule has 0 unspecified atom stereocenters. The Labute approximate surface area is 510 Å². The van der Waals surface area contributed by atoms with E-state index in [0.29, 0.717) is 98.0 Å². The predicted octanol–water partition coefficient (Wildman–Crippen LogP) is 16.3. The number of rotatable bonds is 0. The molecule has 3 aliphatic heterocycles. The first-order valence-electron chi connectivity index (χ1n) is 31.3. The van der Waals surface area contributed by atoms with E-state index in [1.807, 2.05) is 0 Å². The van der Waals surface area contributed by atoms with E-state index in [4.69, 9.17) is 33.2 Å². The van der Waals surface area contributed by atoms with Crippen LogP contribution in [0.25, 0.3) is 0 Å². The van der Waals surface area contributed by atoms with Crippen LogP contribution in [0.5, 0.6) is 34.5 Å². The molecule has 0 fully saturated rings. The number of hydrogen-bond donors (Lipinski definition) is 2. The Morgan fingerprint density at radius 2 is 0.365 bits per heavy atom. The van der Waals surface area contributed by atoms with Gasteiger partial charge in [0.15, 0.2) is 0 Å². The first kappa shape index (κ1) is 63.5. The SMILES string of the molecule is CC(C)(C)c1cc2c(O)c(c1)Cc1cc(C(C)(C)C)cc3c1OCCOCCOc1c4cc(C(C)(C)C)cc1Cc1cc(C(C)(C)C)cc(c1OCCOCCOCCOc1c(cc(C(C)(C)C)cc1Cc1cc(C(C)(C)C)cc(c1O)C4)C2)C3. The maximum absolute atomic E-state index is 13.1. The molecule has 0 saturated heterocycles. The van der Waals surface area contributed by atoms with Gasteiger partial charge >= 0.3 is 0 Å². The molecule has 458 valence electrons. The molecule has 0 saturated carbocycles. The standard InChI is InChI=1S/C76H100O9/c1-71(2,3)59-35-47-29-51-39-61(73(7,8)9)40-52-30-48-36-60(72(4,5)6)38-50(66(48)78)32-54-42-63(75(13,14)15)44-56-34-58-46-64(76(16,17)18)45-57(70(58)85-26-22-80-20-19-79-21-25-82-67(51)52)33-55-43-62(74(10,11)12)41-53(31-49(37-59)65(47)77)68(55)83-27-23-81-24-28-84-69(54)56/h35-46,77-78H,19-34H2,1-18H3. The highest BCUT2D eigenvalue weighted by Gasteiger charge is 2.31. The van der Waals surface area contributed by atoms with Crippen molar-refractivity contribution in [1.29, 1.82) is 0 Å². The van der Waals surface area contributed by atoms with Crippen molar-refractivity contribution in [3.8, 4) is 34.5 Å². The van der Waals surface area contributed by atoms with Gasteiger partial charge in [0.05, 0.1) is 39.6 Å². The summed E-state index contributed by atoms with van der Waals surface area (Å²) in [7, 11) is 0. The minimum Gasteiger partial charge on any atom is -0.507 e. The third-order valence-corrected chi connectivity index (χ3v) is 17.3. The summed E-state index contributed by atoms with van der Waals surface area (Å²) < 4.78 is 47.6. The number of phenolic OH excluding ortho intramolecular Hbond substituents is 2. The van der Waals surface area contributed by atoms with Gasteiger partial charge in [-0.2, -0.15) is 0 Å². The molecule has 0 aromatic heterocycles. The Bertz CT molecular complexity index is 3200. The summed E-state index contributed by atoms with van der Waals surface area (Å²) in [5.74, 6) is 3.62. The van der Waals surface area contributed by atoms with Crippen molar-refractivity contribution in [1.82, 2.24) is 0 Å². The predicted molar refractivity (Wildman–Crippen MR) is 345 cm³/mol. The Kier molecular flexibility index (Phi) is 18.4. The smallest absolute Gasteiger partial charge is 0.126 e. The molecule has 85 heavy (non-hydrogen) atoms. The second-order valence-corrected chi connectivity index (χ2v) is 30.6. The van der Waals surface area contributed by atoms with Gasteiger partial charge in [-0.05, 0) is 133 Å². The van der Waals surface area contributed by atoms with Crippen molar-refractivity contribution in [3.05, 3.63) is 173 Å². The summed E-state index contributed by atoms with van der Waals surface area (Å²) in [5.41, 5.74) is 16.7. The summed E-state index contributed by atoms with van der Waals surface area (Å²) in [4.78, 5) is 0. The molecule has 2 N–H and O–H groups in total. The average molecular weight is 1160 g/mol. The van der Waals surface area contributed by atoms with E-state index in [0.717, 1.165) is 106 Å². The van der Waals surface area contributed by atoms with Gasteiger partial charge in [0, 0.05) is 38.5 Å². The van der Waals surface area contributed by atoms with E-state index in [9.17, 15) is 10.2 Å². The molecular weight excluding hydrogens is 1060 g/mol. The van der Waals surface area contributed by atoms with Gasteiger partial charge < -0.3 is 43.4 Å². The van der Waals surface area contributed by atoms with Crippen LogP contribution in [-0.2, 0) is 85.2 Å². The van der Waals surface area contributed by atoms with Crippen LogP contribution >= 0.6 is 0 Å². The normalized spacial score (nSPS) is 16.4. The van der Waals surface area contributed by atoms with Gasteiger partial charge in [-0.1, -0.05) is 197 Å². The summed E-state index contributed by atoms with van der Waals surface area (Å²) in [5, 5.41) is 26.2. The van der Waals surface area contributed by atoms with Crippen molar-refractivity contribution >= 4 is 0 Å². The third-order valence-electron chi connectivity index (χ3n) is 17.3. The lowest BCUT2D eigenvalue weighted by molar-refractivity contribution is 0.0270. The van der Waals surface area contributed by atoms with Crippen molar-refractivity contribution in [2.75, 3.05) is 66.1 Å². The van der Waals surface area contributed by atoms with E-state index in [1.54, 1.807) is 0 Å². The van der Waals surface area contributed by atoms with Crippen molar-refractivity contribution in [3.63, 3.8) is 0 Å². The van der Waals surface area contributed by atoms with Crippen molar-refractivity contribution in [2.45, 2.75) is 196 Å². The molecule has 0 atom stereocenters. The lowest BCUT2D eigenvalue weighted by atomic mass is 9.79. The third kappa shape index (κ3) is 15.1. The first-order valence-corrected chi connectivity index (χ1v) is 31.3. The molecular formula is C76H100O9. The lowest BCUT2D eigenvalue weighted by Gasteiger charge is -2.29. The van der Waals surface area contributed by atoms with Crippen LogP contribution in [-0.4, -0.2) is 76.3 Å². The van der Waals surface area contributed by atoms with Crippen LogP contribution in [0.15, 0.2) is 72.8 Å². The zero-order valence-electron chi connectivity index (χ0n) is 55.0. The fourth-order valence-corrected chi connectivity index (χ4v) is 11.9. The van der Waals surface area contributed by atoms with Crippen LogP contribution in [0.1, 0.15) is 225 Å². The molecule has 9 nitrogen and oxygen atoms in total. The van der Waals surface area contributed by atoms with Crippen molar-refractivity contribution < 1.29 is 43.4 Å². The fourth-order valence-electron chi connectivity index (χ4n) is 11.9. The first-order chi connectivity index (χ1) is 39.7. The van der Waals surface area contributed by atoms with Gasteiger partial charge in [-0.3, -0.25) is 0 Å². The second kappa shape index (κ2) is 24.6. The van der Waals surface area contributed by atoms with Gasteiger partial charge in [0.25, 0.3) is 0 Å². The van der Waals surface area contributed by atoms with E-state index < -0.39 is 0 Å². The maximum atomic E-state index is 13.1. The highest BCUT2D eigenvalue weighted by molar-refractivity contribution is 5.61. The number of ether oxygens (including phenoxy) is 7. The van der Waals surface area contributed by atoms with Crippen LogP contribution in [0.4, 0.5) is 0 Å². The fraction of sp³-hybridized carbons (Fsp3) is 0.526. The van der Waals surface area contributed by atoms with Crippen LogP contribution < -0.4 is 18.9 Å². The molecule has 0 aliphatic carbocycles. The summed E-state index contributed by atoms with van der Waals surface area (Å²) in [6.45, 7) is 44.0. The van der Waals surface area contributed by atoms with E-state index in [1.165, 1.54) is 16.7 Å². The molecule has 0 radical (unpaired) electrons. The minimum atomic E-state index is -0.265. The monoisotopic (exact) mass is 1160 g/mol. The Balaban J connectivity index is 1.46. The van der Waals surface area contributed by atoms with Crippen molar-refractivity contribution in [2.24, 2.45) is 0 Å². The highest BCUT2D eigenvalue weighted by Crippen LogP contribution is 2.46. The molecule has 14 bridgehead atoms. The summed E-state index contributed by atoms with van der Waals surface area (Å²) in [6.07, 6.45) is 2.61. The second-order valence-electron chi connectivity index (χ2n) is 30.6. The van der Waals surface area contributed by atoms with E-state index in [2.05, 4.69) is 197 Å². The molecule has 6 aromatic rings. The van der Waals surface area contributed by atoms with Crippen LogP contribution in [0.2, 0.25) is 0 Å². The molecule has 9 rings (SSSR count). The quantitative estimate of drug-likeness (QED) is 0.144. The number of aromatic hydroxyl groups is 2. The summed E-state index contributed by atoms with van der Waals surface area (Å²) >= 11 is 0. The van der Waals surface area contributed by atoms with Crippen LogP contribution in [0, 0.1) is 0 Å². The lowest BCUT2D eigenvalue weighted by Crippen LogP contribution is -2.19. The molecule has 3 aliphatic rings. The van der Waals surface area contributed by atoms with E-state index >= 15 is 0 Å². The largest absolute Gasteiger partial charge is 0.507 e. The van der Waals surface area contributed by atoms with Gasteiger partial charge in [-0.15, -0.1) is 0 Å². The Morgan fingerprint density at radius 1 is 0.224 bits per heavy atom. The number of benzene rings is 6. The summed E-state index contributed by atoms with van der Waals surface area (Å²) in [6, 6.07) is 27.3. The molecule has 0 amide bonds. The maximum Gasteiger partial charge on any atom is 0.126 e. The molecule has 6 aromatic carbocycles. The van der Waals surface area contributed by atoms with Gasteiger partial charge in [0.2, 0.25) is 0 Å². The number of hydrogen-bond acceptors (Lipinski definition) is 9. The zero-order valence-corrected chi connectivity index (χ0v) is 55.0. The minimum absolute atomic E-state index is 0.232. The van der Waals surface area contributed by atoms with E-state index in [-0.39, 0.29) is 50.6 Å². The van der Waals surface area contributed by atoms with Gasteiger partial charge in [0.1, 0.15) is 60.9 Å². The van der Waals surface area contributed by atoms with Crippen LogP contribution in [0.3, 0.4) is 0 Å². The number of fused-ring (bicyclic) bond motifs is 13.